The number of benzene rings is 3. The molecule has 4 aliphatic rings. The number of pyridine rings is 1. The van der Waals surface area contributed by atoms with Crippen molar-refractivity contribution >= 4 is 72.2 Å². The SMILES string of the molecule is CC1(C)CCC(CN2CCN(c3ccc(C(=O)NS(=O)(=O)c4ccc(N[C@H]5CC[C@@H](N6CCOCC6)CC5)c([N+](=O)[O-])c4)c(-n4ncc5nc6[nH]ccc6cc54)c3)CC2)=C(c2ccc(Cl)cc2)C1. The molecule has 0 radical (unpaired) electrons. The van der Waals surface area contributed by atoms with Gasteiger partial charge < -0.3 is 19.9 Å². The average Bonchev–Trinajstić information content (AvgIpc) is 3.98. The molecule has 356 valence electrons. The fourth-order valence-corrected chi connectivity index (χ4v) is 11.6. The lowest BCUT2D eigenvalue weighted by atomic mass is 9.72. The number of ether oxygens (including phenoxy) is 1. The fraction of sp³-hybridized carbons (Fsp3) is 0.420. The lowest BCUT2D eigenvalue weighted by Crippen LogP contribution is -2.47. The second kappa shape index (κ2) is 18.9. The van der Waals surface area contributed by atoms with E-state index in [2.05, 4.69) is 60.8 Å². The standard InChI is InChI=1S/C50H57ClN10O6S/c1-50(2)17-15-35(42(30-50)33-3-5-36(51)6-4-33)32-57-19-21-58(22-20-57)39-11-13-41(45(28-39)60-46-27-34-16-18-52-48(34)55-44(46)31-53-60)49(62)56-68(65,66)40-12-14-43(47(29-40)61(63)64)54-37-7-9-38(10-8-37)59-23-25-67-26-24-59/h3-6,11-14,16,18,27-29,31,37-38,54H,7-10,15,17,19-26,30,32H2,1-2H3,(H,52,55)(H,56,62)/t37-,38+. The van der Waals surface area contributed by atoms with Crippen molar-refractivity contribution in [2.24, 2.45) is 5.41 Å². The Kier molecular flexibility index (Phi) is 12.8. The molecule has 10 rings (SSSR count). The van der Waals surface area contributed by atoms with Crippen LogP contribution in [0.25, 0.3) is 33.3 Å². The molecule has 68 heavy (non-hydrogen) atoms. The van der Waals surface area contributed by atoms with Crippen molar-refractivity contribution in [3.05, 3.63) is 117 Å². The van der Waals surface area contributed by atoms with Gasteiger partial charge in [-0.15, -0.1) is 0 Å². The smallest absolute Gasteiger partial charge is 0.293 e. The minimum Gasteiger partial charge on any atom is -0.379 e. The topological polar surface area (TPSA) is 184 Å². The lowest BCUT2D eigenvalue weighted by molar-refractivity contribution is -0.384. The predicted octanol–water partition coefficient (Wildman–Crippen LogP) is 8.42. The number of nitrogens with zero attached hydrogens (tertiary/aromatic N) is 7. The first-order valence-corrected chi connectivity index (χ1v) is 25.5. The van der Waals surface area contributed by atoms with Gasteiger partial charge in [0.2, 0.25) is 0 Å². The van der Waals surface area contributed by atoms with Crippen molar-refractivity contribution in [3.63, 3.8) is 0 Å². The van der Waals surface area contributed by atoms with Gasteiger partial charge in [0, 0.05) is 86.3 Å². The van der Waals surface area contributed by atoms with Gasteiger partial charge in [-0.2, -0.15) is 5.10 Å². The third-order valence-corrected chi connectivity index (χ3v) is 16.0. The van der Waals surface area contributed by atoms with Gasteiger partial charge in [0.1, 0.15) is 16.9 Å². The molecule has 5 heterocycles. The average molecular weight is 962 g/mol. The van der Waals surface area contributed by atoms with Crippen LogP contribution >= 0.6 is 11.6 Å². The van der Waals surface area contributed by atoms with E-state index in [0.29, 0.717) is 28.4 Å². The molecular weight excluding hydrogens is 904 g/mol. The highest BCUT2D eigenvalue weighted by atomic mass is 35.5. The number of hydrogen-bond acceptors (Lipinski definition) is 12. The number of halogens is 1. The molecule has 2 saturated heterocycles. The van der Waals surface area contributed by atoms with E-state index in [9.17, 15) is 23.3 Å². The van der Waals surface area contributed by atoms with Crippen molar-refractivity contribution in [2.45, 2.75) is 75.8 Å². The van der Waals surface area contributed by atoms with Crippen molar-refractivity contribution in [1.82, 2.24) is 34.3 Å². The van der Waals surface area contributed by atoms with E-state index in [-0.39, 0.29) is 28.4 Å². The molecule has 1 saturated carbocycles. The number of hydrogen-bond donors (Lipinski definition) is 3. The second-order valence-electron chi connectivity index (χ2n) is 19.4. The van der Waals surface area contributed by atoms with E-state index in [1.54, 1.807) is 23.1 Å². The zero-order valence-corrected chi connectivity index (χ0v) is 40.0. The summed E-state index contributed by atoms with van der Waals surface area (Å²) in [7, 11) is -4.58. The van der Waals surface area contributed by atoms with Gasteiger partial charge in [0.25, 0.3) is 21.6 Å². The van der Waals surface area contributed by atoms with E-state index >= 15 is 0 Å². The normalized spacial score (nSPS) is 20.8. The first kappa shape index (κ1) is 45.9. The molecule has 3 fully saturated rings. The summed E-state index contributed by atoms with van der Waals surface area (Å²) >= 11 is 6.27. The number of allylic oxidation sites excluding steroid dienone is 1. The monoisotopic (exact) mass is 960 g/mol. The zero-order chi connectivity index (χ0) is 47.2. The number of rotatable bonds is 12. The fourth-order valence-electron chi connectivity index (χ4n) is 10.5. The maximum Gasteiger partial charge on any atom is 0.293 e. The number of sulfonamides is 1. The number of amides is 1. The molecule has 0 unspecified atom stereocenters. The van der Waals surface area contributed by atoms with Crippen molar-refractivity contribution < 1.29 is 22.9 Å². The molecule has 18 heteroatoms. The third kappa shape index (κ3) is 9.72. The molecule has 0 spiro atoms. The minimum atomic E-state index is -4.58. The van der Waals surface area contributed by atoms with Crippen LogP contribution in [0.1, 0.15) is 74.7 Å². The molecule has 16 nitrogen and oxygen atoms in total. The number of aromatic amines is 1. The zero-order valence-electron chi connectivity index (χ0n) is 38.4. The Morgan fingerprint density at radius 1 is 0.956 bits per heavy atom. The molecule has 3 aromatic heterocycles. The Morgan fingerprint density at radius 2 is 1.72 bits per heavy atom. The Morgan fingerprint density at radius 3 is 2.47 bits per heavy atom. The summed E-state index contributed by atoms with van der Waals surface area (Å²) in [6, 6.07) is 21.5. The van der Waals surface area contributed by atoms with E-state index in [1.165, 1.54) is 28.8 Å². The first-order chi connectivity index (χ1) is 32.8. The molecule has 2 aliphatic carbocycles. The highest BCUT2D eigenvalue weighted by Gasteiger charge is 2.32. The maximum absolute atomic E-state index is 14.3. The summed E-state index contributed by atoms with van der Waals surface area (Å²) in [5, 5.41) is 22.0. The van der Waals surface area contributed by atoms with E-state index in [1.807, 2.05) is 36.4 Å². The van der Waals surface area contributed by atoms with Crippen LogP contribution in [0.5, 0.6) is 0 Å². The molecule has 2 aliphatic heterocycles. The van der Waals surface area contributed by atoms with Crippen LogP contribution in [0, 0.1) is 15.5 Å². The number of fused-ring (bicyclic) bond motifs is 2. The van der Waals surface area contributed by atoms with Crippen molar-refractivity contribution in [3.8, 4) is 5.69 Å². The minimum absolute atomic E-state index is 0.00124. The molecule has 0 bridgehead atoms. The summed E-state index contributed by atoms with van der Waals surface area (Å²) in [4.78, 5) is 40.8. The van der Waals surface area contributed by atoms with Gasteiger partial charge in [-0.25, -0.2) is 22.8 Å². The van der Waals surface area contributed by atoms with Crippen LogP contribution in [0.2, 0.25) is 5.02 Å². The summed E-state index contributed by atoms with van der Waals surface area (Å²) in [5.41, 5.74) is 7.37. The third-order valence-electron chi connectivity index (χ3n) is 14.4. The summed E-state index contributed by atoms with van der Waals surface area (Å²) in [6.07, 6.45) is 10.2. The highest BCUT2D eigenvalue weighted by molar-refractivity contribution is 7.90. The number of piperazine rings is 1. The van der Waals surface area contributed by atoms with Crippen LogP contribution in [0.3, 0.4) is 0 Å². The largest absolute Gasteiger partial charge is 0.379 e. The Hall–Kier alpha value is -5.85. The first-order valence-electron chi connectivity index (χ1n) is 23.6. The Labute approximate surface area is 400 Å². The van der Waals surface area contributed by atoms with E-state index < -0.39 is 25.7 Å². The van der Waals surface area contributed by atoms with Gasteiger partial charge in [-0.1, -0.05) is 43.2 Å². The maximum atomic E-state index is 14.3. The predicted molar refractivity (Wildman–Crippen MR) is 265 cm³/mol. The number of nitro benzene ring substituents is 1. The van der Waals surface area contributed by atoms with Crippen LogP contribution in [0.4, 0.5) is 17.1 Å². The van der Waals surface area contributed by atoms with Crippen molar-refractivity contribution in [2.75, 3.05) is 69.2 Å². The Balaban J connectivity index is 0.884. The second-order valence-corrected chi connectivity index (χ2v) is 21.5. The molecule has 3 aromatic carbocycles. The Bertz CT molecular complexity index is 3000. The van der Waals surface area contributed by atoms with Crippen LogP contribution < -0.4 is 14.9 Å². The van der Waals surface area contributed by atoms with E-state index in [4.69, 9.17) is 21.3 Å². The van der Waals surface area contributed by atoms with Crippen LogP contribution in [0.15, 0.2) is 95.7 Å². The van der Waals surface area contributed by atoms with Gasteiger partial charge in [0.15, 0.2) is 0 Å². The van der Waals surface area contributed by atoms with Gasteiger partial charge in [0.05, 0.1) is 46.0 Å². The number of aromatic nitrogens is 4. The molecule has 1 amide bonds. The molecule has 3 N–H and O–H groups in total. The van der Waals surface area contributed by atoms with E-state index in [0.717, 1.165) is 126 Å². The van der Waals surface area contributed by atoms with Crippen molar-refractivity contribution in [1.29, 1.82) is 0 Å². The van der Waals surface area contributed by atoms with Crippen LogP contribution in [-0.4, -0.2) is 120 Å². The number of nitro groups is 1. The summed E-state index contributed by atoms with van der Waals surface area (Å²) in [6.45, 7) is 12.0. The summed E-state index contributed by atoms with van der Waals surface area (Å²) < 4.78 is 37.3. The quantitative estimate of drug-likeness (QED) is 0.0788. The molecule has 0 atom stereocenters. The number of H-pyrrole nitrogens is 1. The summed E-state index contributed by atoms with van der Waals surface area (Å²) in [5.74, 6) is -0.905. The number of nitrogens with one attached hydrogen (secondary N) is 3. The number of anilines is 2. The van der Waals surface area contributed by atoms with Gasteiger partial charge in [-0.3, -0.25) is 24.7 Å². The molecule has 6 aromatic rings. The number of carbonyl (C=O) groups is 1. The van der Waals surface area contributed by atoms with Gasteiger partial charge in [-0.05, 0) is 116 Å². The number of morpholine rings is 1. The lowest BCUT2D eigenvalue weighted by Gasteiger charge is -2.39. The highest BCUT2D eigenvalue weighted by Crippen LogP contribution is 2.43. The molecular formula is C50H57ClN10O6S. The number of carbonyl (C=O) groups excluding carboxylic acids is 1. The van der Waals surface area contributed by atoms with Gasteiger partial charge >= 0.3 is 0 Å². The van der Waals surface area contributed by atoms with Crippen LogP contribution in [-0.2, 0) is 14.8 Å².